The molecule has 0 bridgehead atoms. The molecule has 0 aliphatic carbocycles. The molecular formula is C18H16FNO3. The third-order valence-electron chi connectivity index (χ3n) is 3.26. The molecule has 118 valence electrons. The van der Waals surface area contributed by atoms with Gasteiger partial charge in [0.25, 0.3) is 5.91 Å². The van der Waals surface area contributed by atoms with Crippen molar-refractivity contribution in [3.05, 3.63) is 83.2 Å². The van der Waals surface area contributed by atoms with Gasteiger partial charge in [-0.3, -0.25) is 4.79 Å². The summed E-state index contributed by atoms with van der Waals surface area (Å²) in [6.07, 6.45) is 0.433. The van der Waals surface area contributed by atoms with Crippen molar-refractivity contribution >= 4 is 11.9 Å². The van der Waals surface area contributed by atoms with Gasteiger partial charge in [0.15, 0.2) is 0 Å². The summed E-state index contributed by atoms with van der Waals surface area (Å²) in [7, 11) is 0. The average molecular weight is 313 g/mol. The lowest BCUT2D eigenvalue weighted by Gasteiger charge is -2.08. The zero-order valence-corrected chi connectivity index (χ0v) is 12.4. The molecule has 0 aliphatic heterocycles. The van der Waals surface area contributed by atoms with Gasteiger partial charge in [-0.25, -0.2) is 9.18 Å². The second-order valence-electron chi connectivity index (χ2n) is 5.01. The number of carbonyl (C=O) groups excluding carboxylic acids is 2. The van der Waals surface area contributed by atoms with Gasteiger partial charge in [0.05, 0.1) is 0 Å². The molecule has 0 aliphatic rings. The van der Waals surface area contributed by atoms with E-state index < -0.39 is 17.4 Å². The maximum Gasteiger partial charge on any atom is 0.343 e. The van der Waals surface area contributed by atoms with Gasteiger partial charge in [-0.1, -0.05) is 43.0 Å². The molecule has 0 atom stereocenters. The summed E-state index contributed by atoms with van der Waals surface area (Å²) >= 11 is 0. The van der Waals surface area contributed by atoms with Gasteiger partial charge >= 0.3 is 5.97 Å². The van der Waals surface area contributed by atoms with Gasteiger partial charge in [0.2, 0.25) is 0 Å². The van der Waals surface area contributed by atoms with Crippen LogP contribution < -0.4 is 5.73 Å². The van der Waals surface area contributed by atoms with Gasteiger partial charge in [-0.2, -0.15) is 0 Å². The first-order valence-corrected chi connectivity index (χ1v) is 6.94. The first kappa shape index (κ1) is 16.4. The van der Waals surface area contributed by atoms with E-state index in [0.717, 1.165) is 5.56 Å². The number of rotatable bonds is 6. The fourth-order valence-electron chi connectivity index (χ4n) is 2.01. The Morgan fingerprint density at radius 1 is 1.09 bits per heavy atom. The molecule has 0 saturated carbocycles. The molecule has 2 rings (SSSR count). The van der Waals surface area contributed by atoms with Crippen LogP contribution in [0.2, 0.25) is 0 Å². The Kier molecular flexibility index (Phi) is 5.25. The molecule has 0 radical (unpaired) electrons. The summed E-state index contributed by atoms with van der Waals surface area (Å²) < 4.78 is 18.8. The molecule has 0 spiro atoms. The smallest absolute Gasteiger partial charge is 0.343 e. The Morgan fingerprint density at radius 2 is 1.78 bits per heavy atom. The fraction of sp³-hybridized carbons (Fsp3) is 0.111. The van der Waals surface area contributed by atoms with Gasteiger partial charge in [0.1, 0.15) is 18.0 Å². The first-order chi connectivity index (χ1) is 11.0. The van der Waals surface area contributed by atoms with Crippen LogP contribution in [-0.2, 0) is 27.4 Å². The summed E-state index contributed by atoms with van der Waals surface area (Å²) in [5.74, 6) is -2.14. The van der Waals surface area contributed by atoms with E-state index in [1.807, 2.05) is 30.3 Å². The van der Waals surface area contributed by atoms with E-state index in [2.05, 4.69) is 6.58 Å². The molecule has 0 saturated heterocycles. The lowest BCUT2D eigenvalue weighted by molar-refractivity contribution is -0.141. The predicted molar refractivity (Wildman–Crippen MR) is 83.8 cm³/mol. The van der Waals surface area contributed by atoms with Crippen LogP contribution >= 0.6 is 0 Å². The minimum absolute atomic E-state index is 0.0901. The highest BCUT2D eigenvalue weighted by molar-refractivity contribution is 6.15. The van der Waals surface area contributed by atoms with E-state index in [0.29, 0.717) is 17.5 Å². The SMILES string of the molecule is C=C(C(N)=O)C(=O)OCc1ccc(F)c(Cc2ccccc2)c1. The van der Waals surface area contributed by atoms with E-state index >= 15 is 0 Å². The molecule has 5 heteroatoms. The Labute approximate surface area is 133 Å². The van der Waals surface area contributed by atoms with Crippen molar-refractivity contribution in [1.29, 1.82) is 0 Å². The number of halogens is 1. The summed E-state index contributed by atoms with van der Waals surface area (Å²) in [6.45, 7) is 3.15. The zero-order valence-electron chi connectivity index (χ0n) is 12.4. The molecule has 0 heterocycles. The van der Waals surface area contributed by atoms with E-state index in [1.54, 1.807) is 6.07 Å². The van der Waals surface area contributed by atoms with Crippen molar-refractivity contribution in [2.75, 3.05) is 0 Å². The van der Waals surface area contributed by atoms with Gasteiger partial charge in [-0.15, -0.1) is 0 Å². The number of primary amides is 1. The quantitative estimate of drug-likeness (QED) is 0.385. The van der Waals surface area contributed by atoms with Crippen molar-refractivity contribution < 1.29 is 18.7 Å². The minimum atomic E-state index is -0.932. The minimum Gasteiger partial charge on any atom is -0.457 e. The van der Waals surface area contributed by atoms with E-state index in [9.17, 15) is 14.0 Å². The van der Waals surface area contributed by atoms with Gasteiger partial charge < -0.3 is 10.5 Å². The molecule has 2 aromatic rings. The molecule has 0 aromatic heterocycles. The molecule has 1 amide bonds. The topological polar surface area (TPSA) is 69.4 Å². The average Bonchev–Trinajstić information content (AvgIpc) is 2.55. The Morgan fingerprint density at radius 3 is 2.43 bits per heavy atom. The van der Waals surface area contributed by atoms with Crippen LogP contribution in [0.4, 0.5) is 4.39 Å². The molecular weight excluding hydrogens is 297 g/mol. The van der Waals surface area contributed by atoms with E-state index in [4.69, 9.17) is 10.5 Å². The third kappa shape index (κ3) is 4.51. The number of esters is 1. The molecule has 2 N–H and O–H groups in total. The first-order valence-electron chi connectivity index (χ1n) is 6.94. The van der Waals surface area contributed by atoms with Crippen molar-refractivity contribution in [2.24, 2.45) is 5.73 Å². The largest absolute Gasteiger partial charge is 0.457 e. The number of nitrogens with two attached hydrogens (primary N) is 1. The lowest BCUT2D eigenvalue weighted by atomic mass is 10.0. The molecule has 23 heavy (non-hydrogen) atoms. The second-order valence-corrected chi connectivity index (χ2v) is 5.01. The number of amides is 1. The molecule has 2 aromatic carbocycles. The number of hydrogen-bond acceptors (Lipinski definition) is 3. The normalized spacial score (nSPS) is 10.1. The predicted octanol–water partition coefficient (Wildman–Crippen LogP) is 2.50. The monoisotopic (exact) mass is 313 g/mol. The highest BCUT2D eigenvalue weighted by atomic mass is 19.1. The summed E-state index contributed by atoms with van der Waals surface area (Å²) in [5, 5.41) is 0. The molecule has 0 unspecified atom stereocenters. The molecule has 4 nitrogen and oxygen atoms in total. The van der Waals surface area contributed by atoms with Crippen molar-refractivity contribution in [1.82, 2.24) is 0 Å². The molecule has 0 fully saturated rings. The Hall–Kier alpha value is -2.95. The Bertz CT molecular complexity index is 741. The van der Waals surface area contributed by atoms with E-state index in [-0.39, 0.29) is 12.4 Å². The van der Waals surface area contributed by atoms with Crippen molar-refractivity contribution in [3.63, 3.8) is 0 Å². The highest BCUT2D eigenvalue weighted by Gasteiger charge is 2.14. The Balaban J connectivity index is 2.07. The summed E-state index contributed by atoms with van der Waals surface area (Å²) in [5.41, 5.74) is 6.61. The maximum atomic E-state index is 13.9. The standard InChI is InChI=1S/C18H16FNO3/c1-12(17(20)21)18(22)23-11-14-7-8-16(19)15(10-14)9-13-5-3-2-4-6-13/h2-8,10H,1,9,11H2,(H2,20,21). The van der Waals surface area contributed by atoms with Crippen LogP contribution in [0.3, 0.4) is 0 Å². The fourth-order valence-corrected chi connectivity index (χ4v) is 2.01. The van der Waals surface area contributed by atoms with Crippen LogP contribution in [0.25, 0.3) is 0 Å². The van der Waals surface area contributed by atoms with Crippen LogP contribution in [0.15, 0.2) is 60.7 Å². The summed E-state index contributed by atoms with van der Waals surface area (Å²) in [4.78, 5) is 22.3. The number of hydrogen-bond donors (Lipinski definition) is 1. The van der Waals surface area contributed by atoms with Gasteiger partial charge in [-0.05, 0) is 28.8 Å². The van der Waals surface area contributed by atoms with Crippen LogP contribution in [-0.4, -0.2) is 11.9 Å². The number of benzene rings is 2. The number of ether oxygens (including phenoxy) is 1. The lowest BCUT2D eigenvalue weighted by Crippen LogP contribution is -2.21. The second kappa shape index (κ2) is 7.35. The number of carbonyl (C=O) groups is 2. The van der Waals surface area contributed by atoms with Crippen LogP contribution in [0.5, 0.6) is 0 Å². The zero-order chi connectivity index (χ0) is 16.8. The van der Waals surface area contributed by atoms with E-state index in [1.165, 1.54) is 12.1 Å². The van der Waals surface area contributed by atoms with Crippen LogP contribution in [0, 0.1) is 5.82 Å². The summed E-state index contributed by atoms with van der Waals surface area (Å²) in [6, 6.07) is 13.9. The van der Waals surface area contributed by atoms with Crippen LogP contribution in [0.1, 0.15) is 16.7 Å². The van der Waals surface area contributed by atoms with Gasteiger partial charge in [0, 0.05) is 6.42 Å². The van der Waals surface area contributed by atoms with Crippen molar-refractivity contribution in [3.8, 4) is 0 Å². The third-order valence-corrected chi connectivity index (χ3v) is 3.26. The highest BCUT2D eigenvalue weighted by Crippen LogP contribution is 2.16. The van der Waals surface area contributed by atoms with Crippen molar-refractivity contribution in [2.45, 2.75) is 13.0 Å². The maximum absolute atomic E-state index is 13.9.